The van der Waals surface area contributed by atoms with E-state index in [0.717, 1.165) is 15.1 Å². The third-order valence-electron chi connectivity index (χ3n) is 2.18. The first kappa shape index (κ1) is 8.44. The van der Waals surface area contributed by atoms with E-state index in [2.05, 4.69) is 49.7 Å². The molecule has 3 rings (SSSR count). The van der Waals surface area contributed by atoms with Crippen molar-refractivity contribution in [3.8, 4) is 0 Å². The molecular formula is C10H7BrN2S. The van der Waals surface area contributed by atoms with E-state index in [1.165, 1.54) is 10.2 Å². The largest absolute Gasteiger partial charge is 0.290 e. The summed E-state index contributed by atoms with van der Waals surface area (Å²) in [5.74, 6) is 0. The summed E-state index contributed by atoms with van der Waals surface area (Å²) in [4.78, 5) is 5.51. The summed E-state index contributed by atoms with van der Waals surface area (Å²) in [6.45, 7) is 2.02. The Labute approximate surface area is 93.3 Å². The Morgan fingerprint density at radius 2 is 2.29 bits per heavy atom. The summed E-state index contributed by atoms with van der Waals surface area (Å²) in [6.07, 6.45) is 2.07. The monoisotopic (exact) mass is 266 g/mol. The fourth-order valence-corrected chi connectivity index (χ4v) is 3.19. The van der Waals surface area contributed by atoms with Crippen molar-refractivity contribution < 1.29 is 0 Å². The van der Waals surface area contributed by atoms with Crippen LogP contribution < -0.4 is 0 Å². The molecule has 1 aromatic carbocycles. The number of fused-ring (bicyclic) bond motifs is 3. The van der Waals surface area contributed by atoms with Gasteiger partial charge in [-0.15, -0.1) is 0 Å². The minimum Gasteiger partial charge on any atom is -0.290 e. The average Bonchev–Trinajstić information content (AvgIpc) is 2.59. The molecule has 70 valence electrons. The van der Waals surface area contributed by atoms with E-state index in [9.17, 15) is 0 Å². The zero-order chi connectivity index (χ0) is 9.71. The van der Waals surface area contributed by atoms with E-state index >= 15 is 0 Å². The minimum absolute atomic E-state index is 1.07. The number of aryl methyl sites for hydroxylation is 1. The second-order valence-corrected chi connectivity index (χ2v) is 5.17. The SMILES string of the molecule is Cc1cn2c(n1)sc1cc(Br)ccc12. The van der Waals surface area contributed by atoms with Gasteiger partial charge in [-0.1, -0.05) is 27.3 Å². The molecule has 0 aliphatic carbocycles. The molecule has 0 saturated carbocycles. The molecule has 0 spiro atoms. The molecule has 14 heavy (non-hydrogen) atoms. The Balaban J connectivity index is 2.52. The lowest BCUT2D eigenvalue weighted by Gasteiger charge is -1.91. The third-order valence-corrected chi connectivity index (χ3v) is 3.69. The number of nitrogens with zero attached hydrogens (tertiary/aromatic N) is 2. The second-order valence-electron chi connectivity index (χ2n) is 3.25. The molecule has 0 fully saturated rings. The molecule has 2 heterocycles. The number of rotatable bonds is 0. The van der Waals surface area contributed by atoms with Gasteiger partial charge >= 0.3 is 0 Å². The van der Waals surface area contributed by atoms with Crippen molar-refractivity contribution in [1.29, 1.82) is 0 Å². The fraction of sp³-hybridized carbons (Fsp3) is 0.100. The number of aromatic nitrogens is 2. The van der Waals surface area contributed by atoms with Gasteiger partial charge in [-0.25, -0.2) is 4.98 Å². The molecule has 0 atom stereocenters. The lowest BCUT2D eigenvalue weighted by Crippen LogP contribution is -1.75. The van der Waals surface area contributed by atoms with Gasteiger partial charge in [0.15, 0.2) is 4.96 Å². The van der Waals surface area contributed by atoms with E-state index in [4.69, 9.17) is 0 Å². The van der Waals surface area contributed by atoms with Crippen LogP contribution in [-0.2, 0) is 0 Å². The van der Waals surface area contributed by atoms with Crippen LogP contribution in [0.1, 0.15) is 5.69 Å². The predicted molar refractivity (Wildman–Crippen MR) is 63.0 cm³/mol. The molecule has 4 heteroatoms. The van der Waals surface area contributed by atoms with Crippen LogP contribution in [0.25, 0.3) is 15.2 Å². The van der Waals surface area contributed by atoms with Gasteiger partial charge in [0.05, 0.1) is 15.9 Å². The van der Waals surface area contributed by atoms with Crippen LogP contribution in [0.15, 0.2) is 28.9 Å². The van der Waals surface area contributed by atoms with E-state index in [-0.39, 0.29) is 0 Å². The lowest BCUT2D eigenvalue weighted by molar-refractivity contribution is 1.28. The molecule has 0 bridgehead atoms. The Bertz CT molecular complexity index is 620. The summed E-state index contributed by atoms with van der Waals surface area (Å²) in [5.41, 5.74) is 2.30. The Morgan fingerprint density at radius 3 is 3.14 bits per heavy atom. The van der Waals surface area contributed by atoms with Gasteiger partial charge < -0.3 is 0 Å². The molecule has 0 saturated heterocycles. The zero-order valence-corrected chi connectivity index (χ0v) is 9.89. The maximum atomic E-state index is 4.45. The summed E-state index contributed by atoms with van der Waals surface area (Å²) in [6, 6.07) is 6.30. The van der Waals surface area contributed by atoms with Gasteiger partial charge in [-0.05, 0) is 25.1 Å². The van der Waals surface area contributed by atoms with Crippen molar-refractivity contribution in [1.82, 2.24) is 9.38 Å². The Morgan fingerprint density at radius 1 is 1.43 bits per heavy atom. The van der Waals surface area contributed by atoms with E-state index in [1.807, 2.05) is 6.92 Å². The number of benzene rings is 1. The number of hydrogen-bond donors (Lipinski definition) is 0. The first-order chi connectivity index (χ1) is 6.74. The maximum absolute atomic E-state index is 4.45. The van der Waals surface area contributed by atoms with Gasteiger partial charge in [0.2, 0.25) is 0 Å². The molecule has 0 aliphatic heterocycles. The van der Waals surface area contributed by atoms with Crippen molar-refractivity contribution in [2.75, 3.05) is 0 Å². The van der Waals surface area contributed by atoms with Gasteiger partial charge in [0, 0.05) is 10.7 Å². The van der Waals surface area contributed by atoms with E-state index in [1.54, 1.807) is 11.3 Å². The predicted octanol–water partition coefficient (Wildman–Crippen LogP) is 3.62. The summed E-state index contributed by atoms with van der Waals surface area (Å²) < 4.78 is 4.52. The molecule has 2 aromatic heterocycles. The van der Waals surface area contributed by atoms with Crippen LogP contribution in [0.5, 0.6) is 0 Å². The number of thiazole rings is 1. The third kappa shape index (κ3) is 1.11. The Hall–Kier alpha value is -0.870. The van der Waals surface area contributed by atoms with Crippen molar-refractivity contribution >= 4 is 42.4 Å². The number of halogens is 1. The molecule has 0 radical (unpaired) electrons. The average molecular weight is 267 g/mol. The van der Waals surface area contributed by atoms with Crippen LogP contribution in [-0.4, -0.2) is 9.38 Å². The van der Waals surface area contributed by atoms with Gasteiger partial charge in [0.25, 0.3) is 0 Å². The molecule has 2 nitrogen and oxygen atoms in total. The zero-order valence-electron chi connectivity index (χ0n) is 7.49. The number of hydrogen-bond acceptors (Lipinski definition) is 2. The van der Waals surface area contributed by atoms with Gasteiger partial charge in [0.1, 0.15) is 0 Å². The van der Waals surface area contributed by atoms with Crippen molar-refractivity contribution in [3.05, 3.63) is 34.6 Å². The second kappa shape index (κ2) is 2.81. The maximum Gasteiger partial charge on any atom is 0.194 e. The topological polar surface area (TPSA) is 17.3 Å². The first-order valence-electron chi connectivity index (χ1n) is 4.28. The van der Waals surface area contributed by atoms with Gasteiger partial charge in [-0.3, -0.25) is 4.40 Å². The normalized spacial score (nSPS) is 11.6. The fourth-order valence-electron chi connectivity index (χ4n) is 1.59. The molecule has 0 unspecified atom stereocenters. The highest BCUT2D eigenvalue weighted by atomic mass is 79.9. The smallest absolute Gasteiger partial charge is 0.194 e. The standard InChI is InChI=1S/C10H7BrN2S/c1-6-5-13-8-3-2-7(11)4-9(8)14-10(13)12-6/h2-5H,1H3. The van der Waals surface area contributed by atoms with Crippen LogP contribution in [0.2, 0.25) is 0 Å². The molecule has 0 amide bonds. The van der Waals surface area contributed by atoms with Crippen LogP contribution >= 0.6 is 27.3 Å². The first-order valence-corrected chi connectivity index (χ1v) is 5.89. The molecule has 0 N–H and O–H groups in total. The highest BCUT2D eigenvalue weighted by Crippen LogP contribution is 2.28. The van der Waals surface area contributed by atoms with Crippen LogP contribution in [0, 0.1) is 6.92 Å². The highest BCUT2D eigenvalue weighted by Gasteiger charge is 2.06. The Kier molecular flexibility index (Phi) is 1.69. The van der Waals surface area contributed by atoms with Crippen LogP contribution in [0.3, 0.4) is 0 Å². The van der Waals surface area contributed by atoms with E-state index in [0.29, 0.717) is 0 Å². The van der Waals surface area contributed by atoms with Gasteiger partial charge in [-0.2, -0.15) is 0 Å². The molecular weight excluding hydrogens is 260 g/mol. The summed E-state index contributed by atoms with van der Waals surface area (Å²) >= 11 is 5.19. The van der Waals surface area contributed by atoms with Crippen molar-refractivity contribution in [3.63, 3.8) is 0 Å². The van der Waals surface area contributed by atoms with Crippen LogP contribution in [0.4, 0.5) is 0 Å². The number of imidazole rings is 1. The summed E-state index contributed by atoms with van der Waals surface area (Å²) in [7, 11) is 0. The van der Waals surface area contributed by atoms with Crippen molar-refractivity contribution in [2.45, 2.75) is 6.92 Å². The quantitative estimate of drug-likeness (QED) is 0.608. The molecule has 3 aromatic rings. The highest BCUT2D eigenvalue weighted by molar-refractivity contribution is 9.10. The summed E-state index contributed by atoms with van der Waals surface area (Å²) in [5, 5.41) is 0. The molecule has 0 aliphatic rings. The lowest BCUT2D eigenvalue weighted by atomic mass is 10.3. The minimum atomic E-state index is 1.07. The van der Waals surface area contributed by atoms with Crippen molar-refractivity contribution in [2.24, 2.45) is 0 Å². The van der Waals surface area contributed by atoms with E-state index < -0.39 is 0 Å².